The summed E-state index contributed by atoms with van der Waals surface area (Å²) in [4.78, 5) is 22.4. The van der Waals surface area contributed by atoms with Gasteiger partial charge in [0.1, 0.15) is 5.58 Å². The molecule has 3 aliphatic rings. The number of furan rings is 1. The van der Waals surface area contributed by atoms with E-state index in [0.717, 1.165) is 23.4 Å². The largest absolute Gasteiger partial charge is 0.451 e. The number of hydrogen-bond donors (Lipinski definition) is 2. The summed E-state index contributed by atoms with van der Waals surface area (Å²) < 4.78 is 5.47. The summed E-state index contributed by atoms with van der Waals surface area (Å²) in [5.41, 5.74) is 11.6. The zero-order chi connectivity index (χ0) is 17.1. The van der Waals surface area contributed by atoms with E-state index in [4.69, 9.17) is 14.9 Å². The maximum Gasteiger partial charge on any atom is 0.284 e. The summed E-state index contributed by atoms with van der Waals surface area (Å²) in [6.45, 7) is 3.66. The summed E-state index contributed by atoms with van der Waals surface area (Å²) in [5.74, 6) is 1.20. The molecule has 4 heterocycles. The molecule has 2 bridgehead atoms. The summed E-state index contributed by atoms with van der Waals surface area (Å²) in [6, 6.07) is 8.04. The number of nitrogens with zero attached hydrogens (tertiary/aromatic N) is 1. The van der Waals surface area contributed by atoms with Crippen molar-refractivity contribution in [2.75, 3.05) is 19.6 Å². The van der Waals surface area contributed by atoms with Crippen LogP contribution in [0.25, 0.3) is 11.0 Å². The Morgan fingerprint density at radius 3 is 2.62 bits per heavy atom. The maximum absolute atomic E-state index is 11.2. The van der Waals surface area contributed by atoms with Gasteiger partial charge in [-0.3, -0.25) is 9.59 Å². The molecule has 6 nitrogen and oxygen atoms in total. The summed E-state index contributed by atoms with van der Waals surface area (Å²) >= 11 is 0. The van der Waals surface area contributed by atoms with E-state index in [9.17, 15) is 4.79 Å². The average Bonchev–Trinajstić information content (AvgIpc) is 2.76. The fraction of sp³-hybridized carbons (Fsp3) is 0.444. The SMILES string of the molecule is NC(=O)c1cc2cc([C@H]3CC4CCN(CC4)C3)ccc2o1.NC=O. The Labute approximate surface area is 140 Å². The third kappa shape index (κ3) is 3.43. The molecule has 5 rings (SSSR count). The quantitative estimate of drug-likeness (QED) is 0.820. The predicted molar refractivity (Wildman–Crippen MR) is 91.5 cm³/mol. The molecular formula is C18H23N3O3. The Bertz CT molecular complexity index is 718. The fourth-order valence-corrected chi connectivity index (χ4v) is 3.87. The van der Waals surface area contributed by atoms with E-state index in [-0.39, 0.29) is 12.2 Å². The molecule has 1 aromatic carbocycles. The van der Waals surface area contributed by atoms with Crippen LogP contribution in [0.5, 0.6) is 0 Å². The van der Waals surface area contributed by atoms with Crippen LogP contribution < -0.4 is 11.5 Å². The molecule has 0 unspecified atom stereocenters. The van der Waals surface area contributed by atoms with E-state index < -0.39 is 5.91 Å². The molecule has 1 aromatic heterocycles. The molecule has 1 atom stereocenters. The Morgan fingerprint density at radius 1 is 1.25 bits per heavy atom. The highest BCUT2D eigenvalue weighted by Crippen LogP contribution is 2.36. The van der Waals surface area contributed by atoms with Gasteiger partial charge in [0, 0.05) is 11.9 Å². The second-order valence-electron chi connectivity index (χ2n) is 6.58. The fourth-order valence-electron chi connectivity index (χ4n) is 3.87. The van der Waals surface area contributed by atoms with E-state index >= 15 is 0 Å². The van der Waals surface area contributed by atoms with Gasteiger partial charge in [0.05, 0.1) is 0 Å². The highest BCUT2D eigenvalue weighted by atomic mass is 16.3. The first kappa shape index (κ1) is 16.5. The lowest BCUT2D eigenvalue weighted by Gasteiger charge is -2.26. The highest BCUT2D eigenvalue weighted by molar-refractivity contribution is 5.95. The van der Waals surface area contributed by atoms with Gasteiger partial charge in [-0.1, -0.05) is 6.07 Å². The molecule has 3 aliphatic heterocycles. The number of fused-ring (bicyclic) bond motifs is 5. The van der Waals surface area contributed by atoms with Crippen molar-refractivity contribution in [2.45, 2.75) is 25.2 Å². The van der Waals surface area contributed by atoms with Crippen molar-refractivity contribution < 1.29 is 14.0 Å². The van der Waals surface area contributed by atoms with Crippen LogP contribution in [0.3, 0.4) is 0 Å². The van der Waals surface area contributed by atoms with Crippen LogP contribution in [0, 0.1) is 5.92 Å². The lowest BCUT2D eigenvalue weighted by Crippen LogP contribution is -2.31. The number of amides is 2. The van der Waals surface area contributed by atoms with Gasteiger partial charge < -0.3 is 20.8 Å². The van der Waals surface area contributed by atoms with Crippen LogP contribution in [0.1, 0.15) is 41.3 Å². The molecule has 128 valence electrons. The van der Waals surface area contributed by atoms with E-state index in [1.54, 1.807) is 6.07 Å². The number of primary amides is 2. The molecule has 0 radical (unpaired) electrons. The molecule has 2 amide bonds. The number of benzene rings is 1. The van der Waals surface area contributed by atoms with Crippen molar-refractivity contribution in [3.8, 4) is 0 Å². The Kier molecular flexibility index (Phi) is 4.85. The maximum atomic E-state index is 11.2. The van der Waals surface area contributed by atoms with Gasteiger partial charge in [-0.05, 0) is 68.0 Å². The number of rotatable bonds is 2. The van der Waals surface area contributed by atoms with Crippen LogP contribution >= 0.6 is 0 Å². The Morgan fingerprint density at radius 2 is 1.96 bits per heavy atom. The van der Waals surface area contributed by atoms with Crippen LogP contribution in [-0.2, 0) is 4.79 Å². The topological polar surface area (TPSA) is 103 Å². The number of piperidine rings is 1. The van der Waals surface area contributed by atoms with Gasteiger partial charge in [0.15, 0.2) is 5.76 Å². The second-order valence-corrected chi connectivity index (χ2v) is 6.58. The van der Waals surface area contributed by atoms with Crippen LogP contribution in [-0.4, -0.2) is 36.9 Å². The zero-order valence-corrected chi connectivity index (χ0v) is 13.6. The van der Waals surface area contributed by atoms with Crippen molar-refractivity contribution in [2.24, 2.45) is 17.4 Å². The summed E-state index contributed by atoms with van der Waals surface area (Å²) in [6.07, 6.45) is 4.22. The van der Waals surface area contributed by atoms with Crippen LogP contribution in [0.15, 0.2) is 28.7 Å². The van der Waals surface area contributed by atoms with Crippen molar-refractivity contribution in [3.63, 3.8) is 0 Å². The molecule has 3 fully saturated rings. The van der Waals surface area contributed by atoms with E-state index in [2.05, 4.69) is 22.8 Å². The lowest BCUT2D eigenvalue weighted by atomic mass is 9.87. The molecule has 6 heteroatoms. The molecule has 0 aliphatic carbocycles. The van der Waals surface area contributed by atoms with Crippen molar-refractivity contribution in [1.82, 2.24) is 4.90 Å². The van der Waals surface area contributed by atoms with Gasteiger partial charge >= 0.3 is 0 Å². The zero-order valence-electron chi connectivity index (χ0n) is 13.6. The molecule has 4 N–H and O–H groups in total. The van der Waals surface area contributed by atoms with Gasteiger partial charge in [-0.15, -0.1) is 0 Å². The van der Waals surface area contributed by atoms with E-state index in [1.807, 2.05) is 6.07 Å². The predicted octanol–water partition coefficient (Wildman–Crippen LogP) is 1.83. The van der Waals surface area contributed by atoms with Crippen molar-refractivity contribution in [1.29, 1.82) is 0 Å². The van der Waals surface area contributed by atoms with E-state index in [0.29, 0.717) is 5.92 Å². The Hall–Kier alpha value is -2.34. The third-order valence-electron chi connectivity index (χ3n) is 5.06. The molecule has 24 heavy (non-hydrogen) atoms. The molecule has 3 saturated heterocycles. The minimum atomic E-state index is -0.508. The minimum Gasteiger partial charge on any atom is -0.451 e. The van der Waals surface area contributed by atoms with Crippen LogP contribution in [0.4, 0.5) is 0 Å². The molecule has 0 saturated carbocycles. The first-order valence-electron chi connectivity index (χ1n) is 8.31. The van der Waals surface area contributed by atoms with Crippen molar-refractivity contribution >= 4 is 23.3 Å². The smallest absolute Gasteiger partial charge is 0.284 e. The number of nitrogens with two attached hydrogens (primary N) is 2. The monoisotopic (exact) mass is 329 g/mol. The van der Waals surface area contributed by atoms with E-state index in [1.165, 1.54) is 37.9 Å². The Balaban J connectivity index is 0.000000526. The standard InChI is InChI=1S/C17H20N2O2.CH3NO/c18-17(20)16-9-13-8-12(1-2-15(13)21-16)14-7-11-3-5-19(10-14)6-4-11;2-1-3/h1-2,8-9,11,14H,3-7,10H2,(H2,18,20);1H,(H2,2,3)/t14-;/m0./s1. The van der Waals surface area contributed by atoms with Gasteiger partial charge in [0.2, 0.25) is 6.41 Å². The first-order valence-corrected chi connectivity index (χ1v) is 8.31. The number of carbonyl (C=O) groups is 2. The average molecular weight is 329 g/mol. The van der Waals surface area contributed by atoms with Gasteiger partial charge in [-0.2, -0.15) is 0 Å². The van der Waals surface area contributed by atoms with Crippen LogP contribution in [0.2, 0.25) is 0 Å². The first-order chi connectivity index (χ1) is 11.6. The van der Waals surface area contributed by atoms with Gasteiger partial charge in [-0.25, -0.2) is 0 Å². The second kappa shape index (κ2) is 7.05. The number of carbonyl (C=O) groups excluding carboxylic acids is 2. The van der Waals surface area contributed by atoms with Gasteiger partial charge in [0.25, 0.3) is 5.91 Å². The minimum absolute atomic E-state index is 0.242. The molecule has 0 spiro atoms. The third-order valence-corrected chi connectivity index (χ3v) is 5.06. The van der Waals surface area contributed by atoms with Crippen molar-refractivity contribution in [3.05, 3.63) is 35.6 Å². The normalized spacial score (nSPS) is 25.6. The molecule has 2 aromatic rings. The highest BCUT2D eigenvalue weighted by Gasteiger charge is 2.30. The number of hydrogen-bond acceptors (Lipinski definition) is 4. The molecular weight excluding hydrogens is 306 g/mol. The summed E-state index contributed by atoms with van der Waals surface area (Å²) in [5, 5.41) is 0.980. The summed E-state index contributed by atoms with van der Waals surface area (Å²) in [7, 11) is 0. The lowest BCUT2D eigenvalue weighted by molar-refractivity contribution is -0.106.